The van der Waals surface area contributed by atoms with Gasteiger partial charge in [0.25, 0.3) is 5.56 Å². The number of methoxy groups -OCH3 is 3. The Balaban J connectivity index is 1.62. The molecule has 0 fully saturated rings. The summed E-state index contributed by atoms with van der Waals surface area (Å²) in [6.45, 7) is 4.01. The molecule has 1 atom stereocenters. The molecule has 0 bridgehead atoms. The van der Waals surface area contributed by atoms with Crippen molar-refractivity contribution in [2.45, 2.75) is 26.5 Å². The molecule has 0 amide bonds. The van der Waals surface area contributed by atoms with Gasteiger partial charge >= 0.3 is 5.97 Å². The summed E-state index contributed by atoms with van der Waals surface area (Å²) in [6, 6.07) is 17.9. The number of aromatic nitrogens is 1. The molecular weight excluding hydrogens is 648 g/mol. The van der Waals surface area contributed by atoms with Crippen LogP contribution < -0.4 is 33.8 Å². The first-order valence-corrected chi connectivity index (χ1v) is 15.4. The summed E-state index contributed by atoms with van der Waals surface area (Å²) in [5, 5.41) is 0. The quantitative estimate of drug-likeness (QED) is 0.214. The Morgan fingerprint density at radius 1 is 1.02 bits per heavy atom. The van der Waals surface area contributed by atoms with Crippen LogP contribution in [0.4, 0.5) is 0 Å². The van der Waals surface area contributed by atoms with Gasteiger partial charge in [-0.2, -0.15) is 0 Å². The number of rotatable bonds is 10. The highest BCUT2D eigenvalue weighted by molar-refractivity contribution is 9.10. The highest BCUT2D eigenvalue weighted by Gasteiger charge is 2.35. The molecule has 0 spiro atoms. The van der Waals surface area contributed by atoms with Crippen LogP contribution in [0.1, 0.15) is 36.6 Å². The minimum absolute atomic E-state index is 0.175. The summed E-state index contributed by atoms with van der Waals surface area (Å²) in [5.41, 5.74) is 2.74. The van der Waals surface area contributed by atoms with Crippen LogP contribution in [0.2, 0.25) is 0 Å². The maximum absolute atomic E-state index is 14.1. The van der Waals surface area contributed by atoms with Crippen molar-refractivity contribution in [3.05, 3.63) is 113 Å². The Bertz CT molecular complexity index is 1910. The van der Waals surface area contributed by atoms with E-state index in [9.17, 15) is 9.59 Å². The number of allylic oxidation sites excluding steroid dienone is 1. The number of halogens is 1. The van der Waals surface area contributed by atoms with E-state index in [1.807, 2.05) is 42.5 Å². The zero-order chi connectivity index (χ0) is 31.4. The van der Waals surface area contributed by atoms with Crippen LogP contribution >= 0.6 is 27.3 Å². The van der Waals surface area contributed by atoms with Crippen molar-refractivity contribution in [1.82, 2.24) is 4.57 Å². The van der Waals surface area contributed by atoms with E-state index >= 15 is 0 Å². The van der Waals surface area contributed by atoms with Crippen molar-refractivity contribution in [2.75, 3.05) is 27.9 Å². The van der Waals surface area contributed by atoms with Crippen LogP contribution in [-0.4, -0.2) is 38.5 Å². The lowest BCUT2D eigenvalue weighted by molar-refractivity contribution is -0.139. The SMILES string of the molecule is CCOC(=O)C1=C(C)N=c2s/c(=C\c3cc(Br)c(OCc4ccccc4)c(OC)c3)c(=O)n2[C@H]1c1ccc(OC)cc1OC. The Kier molecular flexibility index (Phi) is 9.55. The molecule has 228 valence electrons. The topological polar surface area (TPSA) is 97.6 Å². The average Bonchev–Trinajstić information content (AvgIpc) is 3.33. The van der Waals surface area contributed by atoms with Gasteiger partial charge in [0, 0.05) is 11.6 Å². The third kappa shape index (κ3) is 6.15. The molecule has 1 aliphatic rings. The van der Waals surface area contributed by atoms with E-state index in [0.29, 0.717) is 60.2 Å². The van der Waals surface area contributed by atoms with E-state index in [1.54, 1.807) is 52.3 Å². The summed E-state index contributed by atoms with van der Waals surface area (Å²) >= 11 is 4.84. The minimum atomic E-state index is -0.830. The number of ether oxygens (including phenoxy) is 5. The fraction of sp³-hybridized carbons (Fsp3) is 0.242. The number of hydrogen-bond acceptors (Lipinski definition) is 9. The van der Waals surface area contributed by atoms with Gasteiger partial charge in [0.2, 0.25) is 0 Å². The fourth-order valence-electron chi connectivity index (χ4n) is 4.97. The normalized spacial score (nSPS) is 14.5. The van der Waals surface area contributed by atoms with E-state index in [-0.39, 0.29) is 17.7 Å². The molecule has 1 aromatic heterocycles. The van der Waals surface area contributed by atoms with Gasteiger partial charge in [-0.25, -0.2) is 9.79 Å². The van der Waals surface area contributed by atoms with Gasteiger partial charge < -0.3 is 23.7 Å². The molecular formula is C33H31BrN2O7S. The molecule has 0 unspecified atom stereocenters. The predicted octanol–water partition coefficient (Wildman–Crippen LogP) is 5.17. The first kappa shape index (κ1) is 31.1. The van der Waals surface area contributed by atoms with Gasteiger partial charge in [-0.15, -0.1) is 0 Å². The maximum Gasteiger partial charge on any atom is 0.338 e. The lowest BCUT2D eigenvalue weighted by atomic mass is 9.95. The second-order valence-corrected chi connectivity index (χ2v) is 11.6. The number of benzene rings is 3. The van der Waals surface area contributed by atoms with Crippen molar-refractivity contribution >= 4 is 39.3 Å². The fourth-order valence-corrected chi connectivity index (χ4v) is 6.60. The summed E-state index contributed by atoms with van der Waals surface area (Å²) in [4.78, 5) is 32.5. The Morgan fingerprint density at radius 3 is 2.45 bits per heavy atom. The van der Waals surface area contributed by atoms with Crippen LogP contribution in [0.15, 0.2) is 86.2 Å². The number of hydrogen-bond donors (Lipinski definition) is 0. The van der Waals surface area contributed by atoms with Crippen LogP contribution in [0, 0.1) is 0 Å². The molecule has 0 N–H and O–H groups in total. The molecule has 0 aliphatic carbocycles. The van der Waals surface area contributed by atoms with Gasteiger partial charge in [-0.1, -0.05) is 41.7 Å². The Labute approximate surface area is 266 Å². The predicted molar refractivity (Wildman–Crippen MR) is 171 cm³/mol. The Hall–Kier alpha value is -4.35. The highest BCUT2D eigenvalue weighted by atomic mass is 79.9. The number of carbonyl (C=O) groups excluding carboxylic acids is 1. The lowest BCUT2D eigenvalue weighted by Gasteiger charge is -2.26. The number of esters is 1. The van der Waals surface area contributed by atoms with Crippen molar-refractivity contribution in [3.63, 3.8) is 0 Å². The molecule has 0 radical (unpaired) electrons. The summed E-state index contributed by atoms with van der Waals surface area (Å²) in [7, 11) is 4.65. The number of carbonyl (C=O) groups is 1. The number of nitrogens with zero attached hydrogens (tertiary/aromatic N) is 2. The van der Waals surface area contributed by atoms with Crippen molar-refractivity contribution < 1.29 is 28.5 Å². The minimum Gasteiger partial charge on any atom is -0.497 e. The van der Waals surface area contributed by atoms with Crippen LogP contribution in [0.5, 0.6) is 23.0 Å². The number of thiazole rings is 1. The van der Waals surface area contributed by atoms with Gasteiger partial charge in [0.15, 0.2) is 16.3 Å². The van der Waals surface area contributed by atoms with E-state index in [2.05, 4.69) is 20.9 Å². The van der Waals surface area contributed by atoms with Crippen molar-refractivity contribution in [2.24, 2.45) is 4.99 Å². The molecule has 11 heteroatoms. The summed E-state index contributed by atoms with van der Waals surface area (Å²) < 4.78 is 30.8. The van der Waals surface area contributed by atoms with E-state index in [0.717, 1.165) is 5.56 Å². The molecule has 3 aromatic carbocycles. The second-order valence-electron chi connectivity index (χ2n) is 9.72. The first-order chi connectivity index (χ1) is 21.3. The largest absolute Gasteiger partial charge is 0.497 e. The van der Waals surface area contributed by atoms with Crippen LogP contribution in [0.3, 0.4) is 0 Å². The van der Waals surface area contributed by atoms with Crippen LogP contribution in [-0.2, 0) is 16.1 Å². The summed E-state index contributed by atoms with van der Waals surface area (Å²) in [5.74, 6) is 1.55. The van der Waals surface area contributed by atoms with E-state index in [4.69, 9.17) is 23.7 Å². The molecule has 0 saturated heterocycles. The maximum atomic E-state index is 14.1. The molecule has 0 saturated carbocycles. The molecule has 9 nitrogen and oxygen atoms in total. The Morgan fingerprint density at radius 2 is 1.77 bits per heavy atom. The number of fused-ring (bicyclic) bond motifs is 1. The third-order valence-corrected chi connectivity index (χ3v) is 8.60. The highest BCUT2D eigenvalue weighted by Crippen LogP contribution is 2.39. The lowest BCUT2D eigenvalue weighted by Crippen LogP contribution is -2.40. The van der Waals surface area contributed by atoms with Crippen molar-refractivity contribution in [3.8, 4) is 23.0 Å². The molecule has 4 aromatic rings. The van der Waals surface area contributed by atoms with E-state index < -0.39 is 12.0 Å². The summed E-state index contributed by atoms with van der Waals surface area (Å²) in [6.07, 6.45) is 1.77. The monoisotopic (exact) mass is 678 g/mol. The van der Waals surface area contributed by atoms with E-state index in [1.165, 1.54) is 23.0 Å². The van der Waals surface area contributed by atoms with Crippen molar-refractivity contribution in [1.29, 1.82) is 0 Å². The standard InChI is InChI=1S/C33H31BrN2O7S/c1-6-42-32(38)28-19(2)35-33-36(29(28)23-13-12-22(39-3)17-25(23)40-4)31(37)27(44-33)16-21-14-24(34)30(26(15-21)41-5)43-18-20-10-8-7-9-11-20/h7-17,29H,6,18H2,1-5H3/b27-16-/t29-/m0/s1. The average molecular weight is 680 g/mol. The van der Waals surface area contributed by atoms with Gasteiger partial charge in [-0.05, 0) is 71.2 Å². The molecule has 44 heavy (non-hydrogen) atoms. The van der Waals surface area contributed by atoms with Gasteiger partial charge in [0.05, 0.1) is 48.2 Å². The smallest absolute Gasteiger partial charge is 0.338 e. The first-order valence-electron chi connectivity index (χ1n) is 13.7. The molecule has 5 rings (SSSR count). The second kappa shape index (κ2) is 13.5. The van der Waals surface area contributed by atoms with Gasteiger partial charge in [-0.3, -0.25) is 9.36 Å². The molecule has 2 heterocycles. The zero-order valence-electron chi connectivity index (χ0n) is 24.9. The zero-order valence-corrected chi connectivity index (χ0v) is 27.3. The third-order valence-electron chi connectivity index (χ3n) is 7.03. The van der Waals surface area contributed by atoms with Gasteiger partial charge in [0.1, 0.15) is 24.1 Å². The van der Waals surface area contributed by atoms with Crippen LogP contribution in [0.25, 0.3) is 6.08 Å². The molecule has 1 aliphatic heterocycles.